The highest BCUT2D eigenvalue weighted by Gasteiger charge is 2.37. The molecule has 0 atom stereocenters. The van der Waals surface area contributed by atoms with Crippen LogP contribution in [0.4, 0.5) is 0 Å². The Morgan fingerprint density at radius 2 is 0.505 bits per heavy atom. The third kappa shape index (κ3) is 8.87. The second-order valence-electron chi connectivity index (χ2n) is 27.3. The van der Waals surface area contributed by atoms with Gasteiger partial charge in [-0.1, -0.05) is 166 Å². The molecule has 20 aromatic rings. The lowest BCUT2D eigenvalue weighted by atomic mass is 9.59. The lowest BCUT2D eigenvalue weighted by Crippen LogP contribution is -2.55. The third-order valence-electron chi connectivity index (χ3n) is 22.0. The van der Waals surface area contributed by atoms with Crippen molar-refractivity contribution < 1.29 is 0 Å². The fourth-order valence-corrected chi connectivity index (χ4v) is 19.6. The van der Waals surface area contributed by atoms with E-state index < -0.39 is 0 Å². The van der Waals surface area contributed by atoms with Crippen molar-refractivity contribution in [1.29, 1.82) is 5.26 Å². The second kappa shape index (κ2) is 23.8. The van der Waals surface area contributed by atoms with Gasteiger partial charge in [-0.3, -0.25) is 0 Å². The van der Waals surface area contributed by atoms with Crippen LogP contribution in [0.3, 0.4) is 0 Å². The van der Waals surface area contributed by atoms with E-state index >= 15 is 0 Å². The minimum absolute atomic E-state index is 0.0104. The van der Waals surface area contributed by atoms with E-state index in [1.165, 1.54) is 0 Å². The first-order valence-corrected chi connectivity index (χ1v) is 35.9. The number of nitrogens with zero attached hydrogens (tertiary/aromatic N) is 5. The molecule has 0 saturated carbocycles. The van der Waals surface area contributed by atoms with E-state index in [1.807, 2.05) is 97.1 Å². The smallest absolute Gasteiger partial charge is 0.113 e. The zero-order valence-electron chi connectivity index (χ0n) is 56.8. The Morgan fingerprint density at radius 3 is 0.841 bits per heavy atom. The van der Waals surface area contributed by atoms with E-state index in [-0.39, 0.29) is 93.1 Å². The Hall–Kier alpha value is -10.8. The number of benzene rings is 14. The summed E-state index contributed by atoms with van der Waals surface area (Å²) in [6.45, 7) is 0. The van der Waals surface area contributed by atoms with Gasteiger partial charge in [0.15, 0.2) is 0 Å². The fraction of sp³-hybridized carbons (Fsp3) is 0. The van der Waals surface area contributed by atoms with Crippen molar-refractivity contribution >= 4 is 350 Å². The highest BCUT2D eigenvalue weighted by Crippen LogP contribution is 2.54. The quantitative estimate of drug-likeness (QED) is 0.192. The molecule has 22 heteroatoms. The first-order chi connectivity index (χ1) is 51.9. The zero-order chi connectivity index (χ0) is 73.3. The summed E-state index contributed by atoms with van der Waals surface area (Å²) in [7, 11) is 106. The van der Waals surface area contributed by atoms with E-state index in [2.05, 4.69) is 134 Å². The Bertz CT molecular complexity index is 6960. The largest absolute Gasteiger partial charge is 0.306 e. The summed E-state index contributed by atoms with van der Waals surface area (Å²) in [5.41, 5.74) is 11.6. The molecule has 6 aromatic heterocycles. The maximum Gasteiger partial charge on any atom is 0.113 e. The van der Waals surface area contributed by atoms with Crippen LogP contribution in [0.15, 0.2) is 206 Å². The van der Waals surface area contributed by atoms with Crippen molar-refractivity contribution in [3.63, 3.8) is 0 Å². The van der Waals surface area contributed by atoms with Crippen LogP contribution in [-0.4, -0.2) is 136 Å². The maximum atomic E-state index is 13.6. The van der Waals surface area contributed by atoms with Gasteiger partial charge >= 0.3 is 0 Å². The molecule has 14 aromatic carbocycles. The predicted octanol–water partition coefficient (Wildman–Crippen LogP) is 5.59. The molecule has 107 heavy (non-hydrogen) atoms. The van der Waals surface area contributed by atoms with Crippen molar-refractivity contribution in [2.45, 2.75) is 0 Å². The molecular weight excluding hydrogens is 1320 g/mol. The minimum Gasteiger partial charge on any atom is -0.306 e. The number of rotatable bonds is 7. The molecule has 0 unspecified atom stereocenters. The average molecular weight is 1350 g/mol. The number of thiophene rings is 2. The Labute approximate surface area is 642 Å². The summed E-state index contributed by atoms with van der Waals surface area (Å²) in [5.74, 6) is 0. The van der Waals surface area contributed by atoms with Crippen molar-refractivity contribution in [3.05, 3.63) is 212 Å². The van der Waals surface area contributed by atoms with Crippen molar-refractivity contribution in [1.82, 2.24) is 18.3 Å². The summed E-state index contributed by atoms with van der Waals surface area (Å²) in [6, 6.07) is 73.3. The highest BCUT2D eigenvalue weighted by molar-refractivity contribution is 7.27. The van der Waals surface area contributed by atoms with Crippen LogP contribution in [0.5, 0.6) is 0 Å². The lowest BCUT2D eigenvalue weighted by molar-refractivity contribution is 1.04. The molecule has 0 aliphatic carbocycles. The molecule has 456 valence electrons. The number of nitriles is 1. The zero-order valence-corrected chi connectivity index (χ0v) is 58.5. The van der Waals surface area contributed by atoms with Gasteiger partial charge in [0.2, 0.25) is 0 Å². The van der Waals surface area contributed by atoms with Crippen LogP contribution in [0.25, 0.3) is 184 Å². The molecular formula is C85H34B15N5S2. The van der Waals surface area contributed by atoms with E-state index in [1.54, 1.807) is 22.7 Å². The monoisotopic (exact) mass is 1350 g/mol. The Balaban J connectivity index is 1.11. The third-order valence-corrected chi connectivity index (χ3v) is 24.4. The first kappa shape index (κ1) is 65.7. The Kier molecular flexibility index (Phi) is 14.6. The number of aromatic nitrogens is 4. The molecule has 0 amide bonds. The summed E-state index contributed by atoms with van der Waals surface area (Å²) in [5, 5.41) is 24.5. The fourth-order valence-electron chi connectivity index (χ4n) is 17.0. The molecule has 0 N–H and O–H groups in total. The van der Waals surface area contributed by atoms with E-state index in [9.17, 15) is 5.26 Å². The van der Waals surface area contributed by atoms with Gasteiger partial charge in [0, 0.05) is 89.0 Å². The minimum atomic E-state index is -0.0167. The summed E-state index contributed by atoms with van der Waals surface area (Å²) in [4.78, 5) is 0. The van der Waals surface area contributed by atoms with Gasteiger partial charge in [-0.2, -0.15) is 5.26 Å². The number of hydrogen-bond donors (Lipinski definition) is 0. The van der Waals surface area contributed by atoms with Crippen molar-refractivity contribution in [3.8, 4) is 62.2 Å². The van der Waals surface area contributed by atoms with Crippen LogP contribution in [0, 0.1) is 11.3 Å². The number of para-hydroxylation sites is 4. The van der Waals surface area contributed by atoms with Gasteiger partial charge < -0.3 is 18.3 Å². The molecule has 6 heterocycles. The van der Waals surface area contributed by atoms with Crippen LogP contribution in [0.2, 0.25) is 0 Å². The van der Waals surface area contributed by atoms with Gasteiger partial charge in [-0.25, -0.2) is 0 Å². The summed E-state index contributed by atoms with van der Waals surface area (Å²) < 4.78 is 12.9. The van der Waals surface area contributed by atoms with Crippen molar-refractivity contribution in [2.75, 3.05) is 0 Å². The average Bonchev–Trinajstić information content (AvgIpc) is 1.56. The van der Waals surface area contributed by atoms with Crippen LogP contribution in [-0.2, 0) is 0 Å². The van der Waals surface area contributed by atoms with Crippen molar-refractivity contribution in [2.24, 2.45) is 0 Å². The molecule has 0 bridgehead atoms. The van der Waals surface area contributed by atoms with Gasteiger partial charge in [-0.15, -0.1) is 71.8 Å². The molecule has 0 aliphatic rings. The van der Waals surface area contributed by atoms with Gasteiger partial charge in [0.1, 0.15) is 129 Å². The first-order valence-electron chi connectivity index (χ1n) is 34.3. The summed E-state index contributed by atoms with van der Waals surface area (Å²) in [6.07, 6.45) is 0. The highest BCUT2D eigenvalue weighted by atomic mass is 32.1. The molecule has 0 fully saturated rings. The number of hydrogen-bond acceptors (Lipinski definition) is 3. The maximum absolute atomic E-state index is 13.6. The second-order valence-corrected chi connectivity index (χ2v) is 29.4. The van der Waals surface area contributed by atoms with E-state index in [0.717, 1.165) is 106 Å². The normalized spacial score (nSPS) is 12.1. The SMILES string of the molecule is [B]c1c([B])c([B])c(-c2ccc3c(c2)c2c4sc5ccccc5c4ccc2n3-c2c(-c3c([B])c([B])c([B])c([B])c3[B])c(-n3c4ccc(-c5c([B])c([B])c([B])c([B])c5[B])cc4c4c5sc6ccccc6c5ccc43)c(-n3c4ccccc4c4ccccc43)c(C#N)c2-n2c3ccccc3c3ccccc32)c([B])c1[B]. The topological polar surface area (TPSA) is 43.5 Å². The van der Waals surface area contributed by atoms with E-state index in [4.69, 9.17) is 118 Å². The number of fused-ring (bicyclic) bond motifs is 20. The molecule has 0 spiro atoms. The Morgan fingerprint density at radius 1 is 0.234 bits per heavy atom. The lowest BCUT2D eigenvalue weighted by Gasteiger charge is -2.32. The molecule has 5 nitrogen and oxygen atoms in total. The molecule has 0 saturated heterocycles. The van der Waals surface area contributed by atoms with Crippen LogP contribution >= 0.6 is 22.7 Å². The van der Waals surface area contributed by atoms with Gasteiger partial charge in [0.05, 0.1) is 66.9 Å². The van der Waals surface area contributed by atoms with Gasteiger partial charge in [0.25, 0.3) is 0 Å². The van der Waals surface area contributed by atoms with E-state index in [0.29, 0.717) is 72.6 Å². The molecule has 0 aliphatic heterocycles. The predicted molar refractivity (Wildman–Crippen MR) is 471 cm³/mol. The van der Waals surface area contributed by atoms with Crippen LogP contribution < -0.4 is 81.9 Å². The van der Waals surface area contributed by atoms with Crippen LogP contribution in [0.1, 0.15) is 5.56 Å². The molecule has 30 radical (unpaired) electrons. The standard InChI is InChI=1S/C85H34B15N5S2/c86-65-59(66(87)72(93)77(98)71(65)92)36-25-29-53-46(33-36)61-55(31-27-44-42-17-5-11-23-57(42)106-84(44)61)104(53)82-64(63-69(90)75(96)79(100)76(97)70(63)91)83(105-54-30-26-37(60-67(88)73(94)78(99)74(95)68(60)89)34-47(54)62-56(105)32-28-45-43-18-6-12-24-58(43)107-85(45)62)81(103-51-21-9-3-15-40(51)41-16-4-10-22-52(41)103)48(35-101)80(82)102-49-19-7-1-13-38(49)39-14-2-8-20-50(39)102/h1-34H. The summed E-state index contributed by atoms with van der Waals surface area (Å²) >= 11 is 3.32. The van der Waals surface area contributed by atoms with Gasteiger partial charge in [-0.05, 0) is 101 Å². The molecule has 20 rings (SSSR count).